The van der Waals surface area contributed by atoms with Crippen LogP contribution in [0.2, 0.25) is 0 Å². The second-order valence-electron chi connectivity index (χ2n) is 7.51. The lowest BCUT2D eigenvalue weighted by atomic mass is 10.1. The summed E-state index contributed by atoms with van der Waals surface area (Å²) in [5, 5.41) is 18.9. The lowest BCUT2D eigenvalue weighted by Gasteiger charge is -2.34. The molecule has 0 aliphatic heterocycles. The standard InChI is InChI=1S/C21H31N5O4/c1-3-4-8-19(26(15-21(29)30)12-17-7-5-6-9-22-17)13-25(14-20(27)28)11-18-10-24(2)16-23-18/h5-7,9-10,16,19H,3-4,8,11-15H2,1-2H3,(H,27,28)(H,29,30). The van der Waals surface area contributed by atoms with E-state index in [-0.39, 0.29) is 19.1 Å². The van der Waals surface area contributed by atoms with Gasteiger partial charge in [0.05, 0.1) is 30.8 Å². The first kappa shape index (κ1) is 23.5. The summed E-state index contributed by atoms with van der Waals surface area (Å²) in [6.07, 6.45) is 7.90. The van der Waals surface area contributed by atoms with Gasteiger partial charge in [-0.15, -0.1) is 0 Å². The number of imidazole rings is 1. The van der Waals surface area contributed by atoms with Gasteiger partial charge in [0.15, 0.2) is 0 Å². The van der Waals surface area contributed by atoms with Crippen LogP contribution in [-0.2, 0) is 29.7 Å². The fraction of sp³-hybridized carbons (Fsp3) is 0.524. The molecule has 0 fully saturated rings. The largest absolute Gasteiger partial charge is 0.480 e. The summed E-state index contributed by atoms with van der Waals surface area (Å²) < 4.78 is 1.82. The van der Waals surface area contributed by atoms with Gasteiger partial charge >= 0.3 is 11.9 Å². The number of carboxylic acids is 2. The molecule has 0 radical (unpaired) electrons. The Morgan fingerprint density at radius 2 is 1.87 bits per heavy atom. The van der Waals surface area contributed by atoms with Crippen LogP contribution in [0.5, 0.6) is 0 Å². The highest BCUT2D eigenvalue weighted by Gasteiger charge is 2.25. The molecule has 1 atom stereocenters. The topological polar surface area (TPSA) is 112 Å². The Hall–Kier alpha value is -2.78. The highest BCUT2D eigenvalue weighted by molar-refractivity contribution is 5.69. The van der Waals surface area contributed by atoms with Gasteiger partial charge in [-0.05, 0) is 18.6 Å². The van der Waals surface area contributed by atoms with Gasteiger partial charge in [0.1, 0.15) is 0 Å². The third-order valence-electron chi connectivity index (χ3n) is 4.81. The molecule has 2 aromatic rings. The van der Waals surface area contributed by atoms with Crippen LogP contribution in [0.1, 0.15) is 37.6 Å². The predicted molar refractivity (Wildman–Crippen MR) is 112 cm³/mol. The molecule has 0 saturated heterocycles. The maximum absolute atomic E-state index is 11.6. The molecular weight excluding hydrogens is 386 g/mol. The Balaban J connectivity index is 2.21. The van der Waals surface area contributed by atoms with Gasteiger partial charge in [-0.25, -0.2) is 4.98 Å². The first-order valence-electron chi connectivity index (χ1n) is 10.1. The molecule has 2 heterocycles. The molecule has 9 heteroatoms. The highest BCUT2D eigenvalue weighted by Crippen LogP contribution is 2.16. The van der Waals surface area contributed by atoms with Crippen molar-refractivity contribution in [3.05, 3.63) is 48.3 Å². The number of nitrogens with zero attached hydrogens (tertiary/aromatic N) is 5. The molecule has 0 saturated carbocycles. The number of hydrogen-bond donors (Lipinski definition) is 2. The van der Waals surface area contributed by atoms with Crippen LogP contribution in [0.3, 0.4) is 0 Å². The molecule has 0 aliphatic carbocycles. The van der Waals surface area contributed by atoms with Gasteiger partial charge in [0.2, 0.25) is 0 Å². The lowest BCUT2D eigenvalue weighted by molar-refractivity contribution is -0.141. The molecule has 0 amide bonds. The fourth-order valence-corrected chi connectivity index (χ4v) is 3.47. The van der Waals surface area contributed by atoms with E-state index in [2.05, 4.69) is 16.9 Å². The molecule has 0 spiro atoms. The van der Waals surface area contributed by atoms with E-state index >= 15 is 0 Å². The molecule has 2 N–H and O–H groups in total. The van der Waals surface area contributed by atoms with Crippen molar-refractivity contribution in [2.75, 3.05) is 19.6 Å². The first-order valence-corrected chi connectivity index (χ1v) is 10.1. The van der Waals surface area contributed by atoms with E-state index in [1.165, 1.54) is 0 Å². The average Bonchev–Trinajstić information content (AvgIpc) is 3.09. The Morgan fingerprint density at radius 3 is 2.43 bits per heavy atom. The van der Waals surface area contributed by atoms with Gasteiger partial charge in [0.25, 0.3) is 0 Å². The summed E-state index contributed by atoms with van der Waals surface area (Å²) in [6.45, 7) is 3.04. The van der Waals surface area contributed by atoms with Gasteiger partial charge in [-0.3, -0.25) is 24.4 Å². The Kier molecular flexibility index (Phi) is 9.43. The molecule has 2 rings (SSSR count). The highest BCUT2D eigenvalue weighted by atomic mass is 16.4. The average molecular weight is 418 g/mol. The lowest BCUT2D eigenvalue weighted by Crippen LogP contribution is -2.46. The number of aromatic nitrogens is 3. The molecule has 30 heavy (non-hydrogen) atoms. The molecule has 9 nitrogen and oxygen atoms in total. The van der Waals surface area contributed by atoms with E-state index in [9.17, 15) is 19.8 Å². The van der Waals surface area contributed by atoms with Crippen LogP contribution in [0.25, 0.3) is 0 Å². The van der Waals surface area contributed by atoms with Gasteiger partial charge in [-0.1, -0.05) is 25.8 Å². The molecule has 1 unspecified atom stereocenters. The van der Waals surface area contributed by atoms with E-state index < -0.39 is 11.9 Å². The van der Waals surface area contributed by atoms with Crippen LogP contribution in [-0.4, -0.2) is 72.2 Å². The predicted octanol–water partition coefficient (Wildman–Crippen LogP) is 1.85. The molecule has 0 bridgehead atoms. The zero-order valence-corrected chi connectivity index (χ0v) is 17.6. The van der Waals surface area contributed by atoms with Crippen LogP contribution in [0, 0.1) is 0 Å². The summed E-state index contributed by atoms with van der Waals surface area (Å²) in [7, 11) is 1.86. The summed E-state index contributed by atoms with van der Waals surface area (Å²) >= 11 is 0. The Morgan fingerprint density at radius 1 is 1.10 bits per heavy atom. The third-order valence-corrected chi connectivity index (χ3v) is 4.81. The van der Waals surface area contributed by atoms with Gasteiger partial charge < -0.3 is 14.8 Å². The third kappa shape index (κ3) is 8.30. The molecule has 0 aliphatic rings. The second-order valence-corrected chi connectivity index (χ2v) is 7.51. The summed E-state index contributed by atoms with van der Waals surface area (Å²) in [6, 6.07) is 5.45. The van der Waals surface area contributed by atoms with E-state index in [4.69, 9.17) is 0 Å². The van der Waals surface area contributed by atoms with E-state index in [1.54, 1.807) is 12.5 Å². The van der Waals surface area contributed by atoms with Crippen molar-refractivity contribution < 1.29 is 19.8 Å². The SMILES string of the molecule is CCCCC(CN(CC(=O)O)Cc1cn(C)cn1)N(CC(=O)O)Cc1ccccn1. The van der Waals surface area contributed by atoms with Crippen LogP contribution in [0.15, 0.2) is 36.9 Å². The minimum atomic E-state index is -0.922. The fourth-order valence-electron chi connectivity index (χ4n) is 3.47. The number of carbonyl (C=O) groups is 2. The summed E-state index contributed by atoms with van der Waals surface area (Å²) in [5.41, 5.74) is 1.57. The van der Waals surface area contributed by atoms with Crippen molar-refractivity contribution in [3.63, 3.8) is 0 Å². The number of pyridine rings is 1. The zero-order chi connectivity index (χ0) is 21.9. The second kappa shape index (κ2) is 12.0. The van der Waals surface area contributed by atoms with Crippen molar-refractivity contribution in [1.29, 1.82) is 0 Å². The van der Waals surface area contributed by atoms with Gasteiger partial charge in [-0.2, -0.15) is 0 Å². The summed E-state index contributed by atoms with van der Waals surface area (Å²) in [4.78, 5) is 35.3. The van der Waals surface area contributed by atoms with Crippen LogP contribution >= 0.6 is 0 Å². The normalized spacial score (nSPS) is 12.4. The quantitative estimate of drug-likeness (QED) is 0.479. The van der Waals surface area contributed by atoms with Crippen molar-refractivity contribution in [2.45, 2.75) is 45.3 Å². The van der Waals surface area contributed by atoms with Crippen LogP contribution < -0.4 is 0 Å². The zero-order valence-electron chi connectivity index (χ0n) is 17.6. The summed E-state index contributed by atoms with van der Waals surface area (Å²) in [5.74, 6) is -1.84. The number of aryl methyl sites for hydroxylation is 1. The Bertz CT molecular complexity index is 796. The van der Waals surface area contributed by atoms with Crippen molar-refractivity contribution in [3.8, 4) is 0 Å². The smallest absolute Gasteiger partial charge is 0.317 e. The minimum Gasteiger partial charge on any atom is -0.480 e. The minimum absolute atomic E-state index is 0.119. The number of hydrogen-bond acceptors (Lipinski definition) is 6. The molecule has 0 aromatic carbocycles. The van der Waals surface area contributed by atoms with Crippen molar-refractivity contribution >= 4 is 11.9 Å². The van der Waals surface area contributed by atoms with E-state index in [0.29, 0.717) is 19.6 Å². The monoisotopic (exact) mass is 417 g/mol. The number of carboxylic acid groups (broad SMARTS) is 2. The van der Waals surface area contributed by atoms with Crippen molar-refractivity contribution in [1.82, 2.24) is 24.3 Å². The van der Waals surface area contributed by atoms with E-state index in [0.717, 1.165) is 30.7 Å². The molecular formula is C21H31N5O4. The number of aliphatic carboxylic acids is 2. The van der Waals surface area contributed by atoms with Crippen molar-refractivity contribution in [2.24, 2.45) is 7.05 Å². The van der Waals surface area contributed by atoms with Crippen LogP contribution in [0.4, 0.5) is 0 Å². The van der Waals surface area contributed by atoms with E-state index in [1.807, 2.05) is 45.8 Å². The maximum Gasteiger partial charge on any atom is 0.317 e. The molecule has 164 valence electrons. The number of unbranched alkanes of at least 4 members (excludes halogenated alkanes) is 1. The Labute approximate surface area is 177 Å². The maximum atomic E-state index is 11.6. The first-order chi connectivity index (χ1) is 14.4. The van der Waals surface area contributed by atoms with Gasteiger partial charge in [0, 0.05) is 45.1 Å². The molecule has 2 aromatic heterocycles. The number of rotatable bonds is 14.